The van der Waals surface area contributed by atoms with Crippen LogP contribution in [-0.2, 0) is 19.6 Å². The van der Waals surface area contributed by atoms with Gasteiger partial charge in [0.15, 0.2) is 0 Å². The van der Waals surface area contributed by atoms with Gasteiger partial charge in [-0.1, -0.05) is 39.0 Å². The van der Waals surface area contributed by atoms with E-state index in [0.717, 1.165) is 6.42 Å². The molecule has 0 radical (unpaired) electrons. The summed E-state index contributed by atoms with van der Waals surface area (Å²) in [4.78, 5) is 10.4. The summed E-state index contributed by atoms with van der Waals surface area (Å²) in [5.74, 6) is -0.163. The van der Waals surface area contributed by atoms with Crippen molar-refractivity contribution >= 4 is 16.1 Å². The smallest absolute Gasteiger partial charge is 0.466 e. The van der Waals surface area contributed by atoms with E-state index in [1.807, 2.05) is 0 Å². The molecule has 1 N–H and O–H groups in total. The number of rotatable bonds is 7. The fourth-order valence-electron chi connectivity index (χ4n) is 1.10. The summed E-state index contributed by atoms with van der Waals surface area (Å²) in [6, 6.07) is 0. The van der Waals surface area contributed by atoms with Crippen molar-refractivity contribution in [3.63, 3.8) is 0 Å². The molecule has 0 aliphatic carbocycles. The molecule has 0 rings (SSSR count). The Kier molecular flexibility index (Phi) is 11.7. The molecule has 122 valence electrons. The minimum Gasteiger partial charge on any atom is -0.466 e. The zero-order valence-corrected chi connectivity index (χ0v) is 12.4. The largest absolute Gasteiger partial charge is 0.522 e. The Labute approximate surface area is 117 Å². The molecule has 5 nitrogen and oxygen atoms in total. The topological polar surface area (TPSA) is 80.7 Å². The summed E-state index contributed by atoms with van der Waals surface area (Å²) >= 11 is 0. The molecule has 0 aliphatic rings. The first-order chi connectivity index (χ1) is 9.02. The molecule has 20 heavy (non-hydrogen) atoms. The van der Waals surface area contributed by atoms with Crippen molar-refractivity contribution in [2.45, 2.75) is 57.9 Å². The highest BCUT2D eigenvalue weighted by Crippen LogP contribution is 2.20. The first-order valence-electron chi connectivity index (χ1n) is 6.19. The van der Waals surface area contributed by atoms with Crippen molar-refractivity contribution in [3.8, 4) is 0 Å². The van der Waals surface area contributed by atoms with Crippen LogP contribution in [0.3, 0.4) is 0 Å². The molecule has 9 heteroatoms. The van der Waals surface area contributed by atoms with Crippen molar-refractivity contribution < 1.29 is 35.7 Å². The summed E-state index contributed by atoms with van der Waals surface area (Å²) in [7, 11) is -5.84. The van der Waals surface area contributed by atoms with Crippen LogP contribution < -0.4 is 0 Å². The average molecular weight is 322 g/mol. The van der Waals surface area contributed by atoms with Gasteiger partial charge in [0.05, 0.1) is 6.61 Å². The molecule has 0 saturated carbocycles. The Morgan fingerprint density at radius 3 is 1.85 bits per heavy atom. The van der Waals surface area contributed by atoms with E-state index in [9.17, 15) is 18.0 Å². The van der Waals surface area contributed by atoms with E-state index in [4.69, 9.17) is 17.7 Å². The van der Waals surface area contributed by atoms with Gasteiger partial charge in [-0.25, -0.2) is 0 Å². The lowest BCUT2D eigenvalue weighted by molar-refractivity contribution is -0.141. The van der Waals surface area contributed by atoms with E-state index in [-0.39, 0.29) is 5.97 Å². The molecule has 0 aromatic rings. The number of esters is 1. The molecule has 0 amide bonds. The quantitative estimate of drug-likeness (QED) is 0.337. The van der Waals surface area contributed by atoms with Crippen LogP contribution in [0.2, 0.25) is 0 Å². The van der Waals surface area contributed by atoms with Crippen molar-refractivity contribution in [1.82, 2.24) is 0 Å². The van der Waals surface area contributed by atoms with Crippen LogP contribution in [0.1, 0.15) is 52.4 Å². The average Bonchev–Trinajstić information content (AvgIpc) is 2.25. The number of unbranched alkanes of at least 4 members (excludes halogenated alkanes) is 5. The number of hydrogen-bond donors (Lipinski definition) is 1. The SMILES string of the molecule is CCCCCCCCOC(C)=O.O=S(=O)(O)C(F)(F)F. The molecule has 0 spiro atoms. The van der Waals surface area contributed by atoms with E-state index in [1.54, 1.807) is 0 Å². The molecule has 0 fully saturated rings. The number of carbonyl (C=O) groups excluding carboxylic acids is 1. The highest BCUT2D eigenvalue weighted by molar-refractivity contribution is 7.86. The maximum absolute atomic E-state index is 10.7. The van der Waals surface area contributed by atoms with E-state index < -0.39 is 15.6 Å². The van der Waals surface area contributed by atoms with Gasteiger partial charge >= 0.3 is 21.6 Å². The molecule has 0 aromatic heterocycles. The molecular weight excluding hydrogens is 301 g/mol. The van der Waals surface area contributed by atoms with Gasteiger partial charge in [-0.15, -0.1) is 0 Å². The van der Waals surface area contributed by atoms with E-state index >= 15 is 0 Å². The van der Waals surface area contributed by atoms with Crippen LogP contribution >= 0.6 is 0 Å². The molecule has 0 atom stereocenters. The van der Waals surface area contributed by atoms with E-state index in [1.165, 1.54) is 39.0 Å². The molecular formula is C11H21F3O5S. The molecule has 0 saturated heterocycles. The van der Waals surface area contributed by atoms with Gasteiger partial charge in [-0.05, 0) is 6.42 Å². The monoisotopic (exact) mass is 322 g/mol. The number of hydrogen-bond acceptors (Lipinski definition) is 4. The van der Waals surface area contributed by atoms with Gasteiger partial charge < -0.3 is 4.74 Å². The second kappa shape index (κ2) is 10.9. The minimum atomic E-state index is -5.84. The maximum atomic E-state index is 10.7. The van der Waals surface area contributed by atoms with Crippen LogP contribution in [0.5, 0.6) is 0 Å². The summed E-state index contributed by atoms with van der Waals surface area (Å²) in [6.07, 6.45) is 7.40. The van der Waals surface area contributed by atoms with Gasteiger partial charge in [0.2, 0.25) is 0 Å². The number of ether oxygens (including phenoxy) is 1. The van der Waals surface area contributed by atoms with E-state index in [2.05, 4.69) is 6.92 Å². The third kappa shape index (κ3) is 15.2. The molecule has 0 heterocycles. The Bertz CT molecular complexity index is 352. The predicted octanol–water partition coefficient (Wildman–Crippen LogP) is 3.30. The normalized spacial score (nSPS) is 11.5. The molecule has 0 aromatic carbocycles. The fraction of sp³-hybridized carbons (Fsp3) is 0.909. The highest BCUT2D eigenvalue weighted by atomic mass is 32.2. The second-order valence-corrected chi connectivity index (χ2v) is 5.44. The zero-order chi connectivity index (χ0) is 16.2. The van der Waals surface area contributed by atoms with Crippen LogP contribution in [0.25, 0.3) is 0 Å². The summed E-state index contributed by atoms with van der Waals surface area (Å²) < 4.78 is 62.4. The van der Waals surface area contributed by atoms with Crippen LogP contribution in [0, 0.1) is 0 Å². The lowest BCUT2D eigenvalue weighted by Crippen LogP contribution is -2.21. The van der Waals surface area contributed by atoms with Crippen molar-refractivity contribution in [2.75, 3.05) is 6.61 Å². The van der Waals surface area contributed by atoms with E-state index in [0.29, 0.717) is 6.61 Å². The second-order valence-electron chi connectivity index (χ2n) is 4.03. The maximum Gasteiger partial charge on any atom is 0.522 e. The van der Waals surface area contributed by atoms with Crippen molar-refractivity contribution in [2.24, 2.45) is 0 Å². The lowest BCUT2D eigenvalue weighted by atomic mass is 10.1. The third-order valence-electron chi connectivity index (χ3n) is 2.10. The third-order valence-corrected chi connectivity index (χ3v) is 2.68. The molecule has 0 bridgehead atoms. The van der Waals surface area contributed by atoms with Gasteiger partial charge in [0.1, 0.15) is 0 Å². The van der Waals surface area contributed by atoms with Gasteiger partial charge in [0.25, 0.3) is 0 Å². The summed E-state index contributed by atoms with van der Waals surface area (Å²) in [6.45, 7) is 4.26. The van der Waals surface area contributed by atoms with Gasteiger partial charge in [-0.3, -0.25) is 9.35 Å². The van der Waals surface area contributed by atoms with Crippen LogP contribution in [-0.4, -0.2) is 31.1 Å². The number of carbonyl (C=O) groups is 1. The van der Waals surface area contributed by atoms with Gasteiger partial charge in [0, 0.05) is 6.92 Å². The summed E-state index contributed by atoms with van der Waals surface area (Å²) in [5, 5.41) is 0. The van der Waals surface area contributed by atoms with Crippen molar-refractivity contribution in [1.29, 1.82) is 0 Å². The number of halogens is 3. The zero-order valence-electron chi connectivity index (χ0n) is 11.6. The Morgan fingerprint density at radius 2 is 1.50 bits per heavy atom. The lowest BCUT2D eigenvalue weighted by Gasteiger charge is -2.01. The van der Waals surface area contributed by atoms with Gasteiger partial charge in [-0.2, -0.15) is 21.6 Å². The number of alkyl halides is 3. The Hall–Kier alpha value is -0.830. The van der Waals surface area contributed by atoms with Crippen LogP contribution in [0.4, 0.5) is 13.2 Å². The first-order valence-corrected chi connectivity index (χ1v) is 7.63. The minimum absolute atomic E-state index is 0.163. The highest BCUT2D eigenvalue weighted by Gasteiger charge is 2.44. The predicted molar refractivity (Wildman–Crippen MR) is 67.6 cm³/mol. The molecule has 0 aliphatic heterocycles. The molecule has 0 unspecified atom stereocenters. The fourth-order valence-corrected chi connectivity index (χ4v) is 1.10. The summed E-state index contributed by atoms with van der Waals surface area (Å²) in [5.41, 5.74) is -5.53. The first kappa shape index (κ1) is 21.5. The standard InChI is InChI=1S/C10H20O2.CHF3O3S/c1-3-4-5-6-7-8-9-12-10(2)11;2-1(3,4)8(5,6)7/h3-9H2,1-2H3;(H,5,6,7). The Morgan fingerprint density at radius 1 is 1.10 bits per heavy atom. The van der Waals surface area contributed by atoms with Crippen LogP contribution in [0.15, 0.2) is 0 Å². The Balaban J connectivity index is 0. The van der Waals surface area contributed by atoms with Crippen molar-refractivity contribution in [3.05, 3.63) is 0 Å².